The third kappa shape index (κ3) is 6.33. The predicted octanol–water partition coefficient (Wildman–Crippen LogP) is 5.07. The smallest absolute Gasteiger partial charge is 0.0134 e. The highest BCUT2D eigenvalue weighted by Gasteiger charge is 2.14. The first-order valence-electron chi connectivity index (χ1n) is 7.63. The molecule has 0 saturated carbocycles. The molecule has 0 aliphatic carbocycles. The molecule has 0 aliphatic heterocycles. The summed E-state index contributed by atoms with van der Waals surface area (Å²) in [5, 5.41) is 4.19. The van der Waals surface area contributed by atoms with Crippen molar-refractivity contribution in [2.75, 3.05) is 6.16 Å². The lowest BCUT2D eigenvalue weighted by Gasteiger charge is -2.18. The minimum Gasteiger partial charge on any atom is -0.134 e. The van der Waals surface area contributed by atoms with Crippen LogP contribution in [0.3, 0.4) is 0 Å². The van der Waals surface area contributed by atoms with Crippen LogP contribution < -0.4 is 15.9 Å². The number of benzene rings is 3. The Morgan fingerprint density at radius 1 is 0.667 bits per heavy atom. The monoisotopic (exact) mass is 416 g/mol. The van der Waals surface area contributed by atoms with Gasteiger partial charge in [-0.1, -0.05) is 97.1 Å². The van der Waals surface area contributed by atoms with Gasteiger partial charge in [0.25, 0.3) is 0 Å². The summed E-state index contributed by atoms with van der Waals surface area (Å²) in [5.41, 5.74) is 0. The topological polar surface area (TPSA) is 0 Å². The minimum absolute atomic E-state index is 0. The van der Waals surface area contributed by atoms with Gasteiger partial charge in [0.2, 0.25) is 0 Å². The van der Waals surface area contributed by atoms with Crippen LogP contribution in [0, 0.1) is 0 Å². The predicted molar refractivity (Wildman–Crippen MR) is 120 cm³/mol. The Kier molecular flexibility index (Phi) is 10.5. The third-order valence-electron chi connectivity index (χ3n) is 3.21. The van der Waals surface area contributed by atoms with Crippen LogP contribution in [-0.4, -0.2) is 6.16 Å². The van der Waals surface area contributed by atoms with Gasteiger partial charge in [-0.05, 0) is 30.0 Å². The number of rotatable bonds is 4. The maximum atomic E-state index is 3.46. The number of allylic oxidation sites excluding steroid dienone is 1. The Labute approximate surface area is 159 Å². The van der Waals surface area contributed by atoms with Crippen molar-refractivity contribution in [2.24, 2.45) is 0 Å². The van der Waals surface area contributed by atoms with Gasteiger partial charge in [-0.25, -0.2) is 0 Å². The standard InChI is InChI=1S/C18H15P.C3H7P.BrH/c1-4-10-16(11-5-1)19(17-12-6-2-7-13-17)18-14-8-3-9-15-18;1-2-3-4;/h1-15H;2H,1,3-4H2;1H. The molecule has 0 nitrogen and oxygen atoms in total. The summed E-state index contributed by atoms with van der Waals surface area (Å²) in [6, 6.07) is 32.3. The molecular formula is C21H23BrP2. The molecule has 0 bridgehead atoms. The molecule has 3 aromatic carbocycles. The molecule has 0 saturated heterocycles. The average molecular weight is 417 g/mol. The summed E-state index contributed by atoms with van der Waals surface area (Å²) in [5.74, 6) is 0. The molecule has 3 aromatic rings. The molecule has 0 N–H and O–H groups in total. The summed E-state index contributed by atoms with van der Waals surface area (Å²) in [6.07, 6.45) is 2.84. The lowest BCUT2D eigenvalue weighted by molar-refractivity contribution is 1.74. The van der Waals surface area contributed by atoms with Crippen molar-refractivity contribution < 1.29 is 0 Å². The zero-order valence-electron chi connectivity index (χ0n) is 13.6. The van der Waals surface area contributed by atoms with Gasteiger partial charge in [-0.3, -0.25) is 0 Å². The fourth-order valence-corrected chi connectivity index (χ4v) is 4.48. The van der Waals surface area contributed by atoms with E-state index in [1.54, 1.807) is 0 Å². The van der Waals surface area contributed by atoms with E-state index in [1.807, 2.05) is 6.08 Å². The van der Waals surface area contributed by atoms with Gasteiger partial charge in [-0.15, -0.1) is 32.8 Å². The second-order valence-corrected chi connectivity index (χ2v) is 7.56. The first-order valence-corrected chi connectivity index (χ1v) is 9.79. The van der Waals surface area contributed by atoms with Crippen LogP contribution in [-0.2, 0) is 0 Å². The maximum Gasteiger partial charge on any atom is -0.0134 e. The van der Waals surface area contributed by atoms with E-state index in [4.69, 9.17) is 0 Å². The quantitative estimate of drug-likeness (QED) is 0.411. The van der Waals surface area contributed by atoms with Crippen molar-refractivity contribution in [3.63, 3.8) is 0 Å². The molecule has 0 radical (unpaired) electrons. The highest BCUT2D eigenvalue weighted by molar-refractivity contribution is 8.93. The first kappa shape index (κ1) is 20.8. The van der Waals surface area contributed by atoms with E-state index in [9.17, 15) is 0 Å². The summed E-state index contributed by atoms with van der Waals surface area (Å²) >= 11 is 0. The molecule has 3 rings (SSSR count). The van der Waals surface area contributed by atoms with Crippen molar-refractivity contribution >= 4 is 50.1 Å². The Balaban J connectivity index is 0.000000522. The zero-order chi connectivity index (χ0) is 16.3. The van der Waals surface area contributed by atoms with Crippen LogP contribution >= 0.6 is 34.1 Å². The fraction of sp³-hybridized carbons (Fsp3) is 0.0476. The van der Waals surface area contributed by atoms with E-state index in [0.717, 1.165) is 6.16 Å². The Hall–Kier alpha value is -1.26. The lowest BCUT2D eigenvalue weighted by Crippen LogP contribution is -2.20. The fourth-order valence-electron chi connectivity index (χ4n) is 2.18. The summed E-state index contributed by atoms with van der Waals surface area (Å²) in [4.78, 5) is 0. The molecule has 24 heavy (non-hydrogen) atoms. The lowest BCUT2D eigenvalue weighted by atomic mass is 10.4. The number of hydrogen-bond donors (Lipinski definition) is 0. The summed E-state index contributed by atoms with van der Waals surface area (Å²) < 4.78 is 0. The molecular weight excluding hydrogens is 394 g/mol. The molecule has 1 atom stereocenters. The van der Waals surface area contributed by atoms with E-state index in [0.29, 0.717) is 0 Å². The van der Waals surface area contributed by atoms with Crippen LogP contribution in [0.1, 0.15) is 0 Å². The maximum absolute atomic E-state index is 3.46. The van der Waals surface area contributed by atoms with E-state index in [1.165, 1.54) is 15.9 Å². The Morgan fingerprint density at radius 3 is 1.12 bits per heavy atom. The average Bonchev–Trinajstić information content (AvgIpc) is 2.65. The van der Waals surface area contributed by atoms with Crippen molar-refractivity contribution in [1.82, 2.24) is 0 Å². The number of hydrogen-bond acceptors (Lipinski definition) is 0. The Bertz CT molecular complexity index is 591. The van der Waals surface area contributed by atoms with Gasteiger partial charge in [-0.2, -0.15) is 0 Å². The van der Waals surface area contributed by atoms with Crippen LogP contribution in [0.15, 0.2) is 104 Å². The highest BCUT2D eigenvalue weighted by Crippen LogP contribution is 2.32. The van der Waals surface area contributed by atoms with Gasteiger partial charge < -0.3 is 0 Å². The van der Waals surface area contributed by atoms with Crippen molar-refractivity contribution in [3.8, 4) is 0 Å². The van der Waals surface area contributed by atoms with Crippen LogP contribution in [0.4, 0.5) is 0 Å². The largest absolute Gasteiger partial charge is 0.134 e. The van der Waals surface area contributed by atoms with Crippen molar-refractivity contribution in [1.29, 1.82) is 0 Å². The third-order valence-corrected chi connectivity index (χ3v) is 5.99. The van der Waals surface area contributed by atoms with Crippen molar-refractivity contribution in [3.05, 3.63) is 104 Å². The normalized spacial score (nSPS) is 9.42. The summed E-state index contributed by atoms with van der Waals surface area (Å²) in [7, 11) is 2.09. The van der Waals surface area contributed by atoms with Crippen LogP contribution in [0.25, 0.3) is 0 Å². The minimum atomic E-state index is -0.446. The molecule has 0 fully saturated rings. The van der Waals surface area contributed by atoms with Gasteiger partial charge in [0, 0.05) is 0 Å². The number of halogens is 1. The molecule has 124 valence electrons. The molecule has 0 heterocycles. The van der Waals surface area contributed by atoms with Gasteiger partial charge in [0.1, 0.15) is 0 Å². The van der Waals surface area contributed by atoms with Crippen LogP contribution in [0.5, 0.6) is 0 Å². The molecule has 0 amide bonds. The Morgan fingerprint density at radius 2 is 0.917 bits per heavy atom. The van der Waals surface area contributed by atoms with Crippen molar-refractivity contribution in [2.45, 2.75) is 0 Å². The van der Waals surface area contributed by atoms with Crippen LogP contribution in [0.2, 0.25) is 0 Å². The van der Waals surface area contributed by atoms with E-state index >= 15 is 0 Å². The zero-order valence-corrected chi connectivity index (χ0v) is 17.3. The summed E-state index contributed by atoms with van der Waals surface area (Å²) in [6.45, 7) is 3.46. The van der Waals surface area contributed by atoms with E-state index < -0.39 is 7.92 Å². The van der Waals surface area contributed by atoms with Gasteiger partial charge >= 0.3 is 0 Å². The van der Waals surface area contributed by atoms with E-state index in [-0.39, 0.29) is 17.0 Å². The molecule has 0 spiro atoms. The molecule has 0 aromatic heterocycles. The molecule has 3 heteroatoms. The van der Waals surface area contributed by atoms with E-state index in [2.05, 4.69) is 107 Å². The van der Waals surface area contributed by atoms with Gasteiger partial charge in [0.15, 0.2) is 0 Å². The highest BCUT2D eigenvalue weighted by atomic mass is 79.9. The first-order chi connectivity index (χ1) is 11.4. The van der Waals surface area contributed by atoms with Gasteiger partial charge in [0.05, 0.1) is 0 Å². The second kappa shape index (κ2) is 12.2. The molecule has 0 aliphatic rings. The second-order valence-electron chi connectivity index (χ2n) is 4.87. The molecule has 1 unspecified atom stereocenters. The SMILES string of the molecule is Br.C=CCP.c1ccc(P(c2ccccc2)c2ccccc2)cc1.